The normalized spacial score (nSPS) is 9.05. The molecule has 0 heterocycles. The molecule has 3 aromatic rings. The van der Waals surface area contributed by atoms with Crippen LogP contribution in [0.4, 0.5) is 0 Å². The molecule has 0 nitrogen and oxygen atoms in total. The second-order valence-electron chi connectivity index (χ2n) is 4.19. The summed E-state index contributed by atoms with van der Waals surface area (Å²) in [5, 5.41) is 2.48. The van der Waals surface area contributed by atoms with Gasteiger partial charge in [-0.2, -0.15) is 30.3 Å². The fourth-order valence-corrected chi connectivity index (χ4v) is 2.12. The van der Waals surface area contributed by atoms with Crippen molar-refractivity contribution in [2.24, 2.45) is 0 Å². The smallest absolute Gasteiger partial charge is 0 e. The van der Waals surface area contributed by atoms with Crippen molar-refractivity contribution in [2.75, 3.05) is 0 Å². The van der Waals surface area contributed by atoms with Crippen LogP contribution < -0.4 is 0 Å². The second-order valence-corrected chi connectivity index (χ2v) is 4.19. The van der Waals surface area contributed by atoms with E-state index < -0.39 is 0 Å². The molecule has 0 atom stereocenters. The molecule has 3 aromatic carbocycles. The van der Waals surface area contributed by atoms with E-state index in [1.165, 1.54) is 10.8 Å². The Morgan fingerprint density at radius 3 is 2.30 bits per heavy atom. The maximum atomic E-state index is 3.38. The zero-order chi connectivity index (χ0) is 11.7. The maximum Gasteiger partial charge on any atom is 0 e. The number of aryl methyl sites for hydroxylation is 1. The van der Waals surface area contributed by atoms with E-state index in [-0.39, 0.29) is 98.1 Å². The second kappa shape index (κ2) is 10.1. The van der Waals surface area contributed by atoms with Crippen molar-refractivity contribution < 1.29 is 98.1 Å². The summed E-state index contributed by atoms with van der Waals surface area (Å²) in [5.41, 5.74) is 3.40. The quantitative estimate of drug-likeness (QED) is 0.451. The van der Waals surface area contributed by atoms with E-state index in [1.54, 1.807) is 0 Å². The van der Waals surface area contributed by atoms with Gasteiger partial charge in [0.2, 0.25) is 0 Å². The van der Waals surface area contributed by atoms with Crippen LogP contribution in [0, 0.1) is 19.1 Å². The Bertz CT molecular complexity index is 672. The minimum atomic E-state index is 0. The van der Waals surface area contributed by atoms with Crippen LogP contribution in [0.3, 0.4) is 0 Å². The van der Waals surface area contributed by atoms with Crippen LogP contribution >= 0.6 is 0 Å². The van der Waals surface area contributed by atoms with Crippen molar-refractivity contribution in [3.63, 3.8) is 0 Å². The molecule has 0 saturated heterocycles. The first kappa shape index (κ1) is 21.2. The Balaban J connectivity index is 0.00000120. The Kier molecular flexibility index (Phi) is 10.7. The van der Waals surface area contributed by atoms with E-state index in [9.17, 15) is 0 Å². The van der Waals surface area contributed by atoms with Crippen LogP contribution in [0.1, 0.15) is 5.56 Å². The third kappa shape index (κ3) is 4.87. The fraction of sp³-hybridized carbons (Fsp3) is 0.0588. The Hall–Kier alpha value is 1.23. The summed E-state index contributed by atoms with van der Waals surface area (Å²) in [7, 11) is 0. The van der Waals surface area contributed by atoms with Gasteiger partial charge in [-0.05, 0) is 0 Å². The number of hydrogen-bond acceptors (Lipinski definition) is 0. The third-order valence-corrected chi connectivity index (χ3v) is 2.93. The molecule has 91 valence electrons. The molecular weight excluding hydrogens is 471 g/mol. The van der Waals surface area contributed by atoms with Gasteiger partial charge in [-0.25, -0.2) is 11.1 Å². The van der Waals surface area contributed by atoms with Gasteiger partial charge >= 0.3 is 0 Å². The first-order valence-corrected chi connectivity index (χ1v) is 5.73. The molecular formula is C17H12Y3-2. The number of rotatable bonds is 1. The molecule has 0 saturated carbocycles. The summed E-state index contributed by atoms with van der Waals surface area (Å²) < 4.78 is 0. The van der Waals surface area contributed by atoms with Gasteiger partial charge in [-0.3, -0.25) is 0 Å². The molecule has 3 heteroatoms. The molecule has 0 N–H and O–H groups in total. The zero-order valence-corrected chi connectivity index (χ0v) is 19.9. The monoisotopic (exact) mass is 483 g/mol. The predicted molar refractivity (Wildman–Crippen MR) is 71.8 cm³/mol. The van der Waals surface area contributed by atoms with Gasteiger partial charge in [-0.1, -0.05) is 25.1 Å². The average molecular weight is 483 g/mol. The third-order valence-electron chi connectivity index (χ3n) is 2.93. The van der Waals surface area contributed by atoms with Crippen molar-refractivity contribution in [1.29, 1.82) is 0 Å². The summed E-state index contributed by atoms with van der Waals surface area (Å²) >= 11 is 0. The topological polar surface area (TPSA) is 0 Å². The van der Waals surface area contributed by atoms with Gasteiger partial charge in [0.25, 0.3) is 0 Å². The molecule has 0 bridgehead atoms. The Labute approximate surface area is 196 Å². The van der Waals surface area contributed by atoms with Crippen molar-refractivity contribution in [2.45, 2.75) is 6.92 Å². The molecule has 0 aliphatic heterocycles. The van der Waals surface area contributed by atoms with E-state index in [4.69, 9.17) is 0 Å². The molecule has 0 unspecified atom stereocenters. The van der Waals surface area contributed by atoms with E-state index in [1.807, 2.05) is 6.07 Å². The molecule has 0 aliphatic rings. The zero-order valence-electron chi connectivity index (χ0n) is 11.4. The van der Waals surface area contributed by atoms with E-state index >= 15 is 0 Å². The Morgan fingerprint density at radius 1 is 0.800 bits per heavy atom. The summed E-state index contributed by atoms with van der Waals surface area (Å²) in [6, 6.07) is 25.4. The van der Waals surface area contributed by atoms with Crippen molar-refractivity contribution in [3.8, 4) is 11.1 Å². The Morgan fingerprint density at radius 2 is 1.55 bits per heavy atom. The maximum absolute atomic E-state index is 3.38. The van der Waals surface area contributed by atoms with Crippen molar-refractivity contribution >= 4 is 10.8 Å². The first-order chi connectivity index (χ1) is 8.34. The number of fused-ring (bicyclic) bond motifs is 1. The van der Waals surface area contributed by atoms with Crippen molar-refractivity contribution in [1.82, 2.24) is 0 Å². The summed E-state index contributed by atoms with van der Waals surface area (Å²) in [6.07, 6.45) is 0. The van der Waals surface area contributed by atoms with E-state index in [0.717, 1.165) is 16.7 Å². The SMILES string of the molecule is Cc1[c-]c(-c2[c-]ccc3ccccc23)ccc1.[Y].[Y].[Y]. The summed E-state index contributed by atoms with van der Waals surface area (Å²) in [4.78, 5) is 0. The molecule has 0 amide bonds. The fourth-order valence-electron chi connectivity index (χ4n) is 2.12. The van der Waals surface area contributed by atoms with Crippen LogP contribution in [0.5, 0.6) is 0 Å². The summed E-state index contributed by atoms with van der Waals surface area (Å²) in [6.45, 7) is 2.06. The molecule has 0 aliphatic carbocycles. The molecule has 3 rings (SSSR count). The van der Waals surface area contributed by atoms with Gasteiger partial charge in [0.1, 0.15) is 0 Å². The number of hydrogen-bond donors (Lipinski definition) is 0. The van der Waals surface area contributed by atoms with Gasteiger partial charge in [0, 0.05) is 98.1 Å². The standard InChI is InChI=1S/C17H12.3Y/c1-13-6-4-9-15(12-13)17-11-5-8-14-7-2-3-10-16(14)17;;;/h2-10H,1H3;;;/q-2;;;. The largest absolute Gasteiger partial charge is 0.225 e. The molecule has 0 spiro atoms. The molecule has 0 fully saturated rings. The number of benzene rings is 3. The molecule has 0 aromatic heterocycles. The van der Waals surface area contributed by atoms with Crippen LogP contribution in [0.25, 0.3) is 21.9 Å². The van der Waals surface area contributed by atoms with Crippen LogP contribution in [-0.2, 0) is 98.1 Å². The van der Waals surface area contributed by atoms with Gasteiger partial charge < -0.3 is 0 Å². The minimum absolute atomic E-state index is 0. The first-order valence-electron chi connectivity index (χ1n) is 5.73. The van der Waals surface area contributed by atoms with Crippen molar-refractivity contribution in [3.05, 3.63) is 72.3 Å². The van der Waals surface area contributed by atoms with E-state index in [2.05, 4.69) is 67.6 Å². The molecule has 3 radical (unpaired) electrons. The predicted octanol–water partition coefficient (Wildman–Crippen LogP) is 4.41. The van der Waals surface area contributed by atoms with Gasteiger partial charge in [0.05, 0.1) is 0 Å². The van der Waals surface area contributed by atoms with Gasteiger partial charge in [-0.15, -0.1) is 34.5 Å². The average Bonchev–Trinajstić information content (AvgIpc) is 2.38. The van der Waals surface area contributed by atoms with Gasteiger partial charge in [0.15, 0.2) is 0 Å². The van der Waals surface area contributed by atoms with E-state index in [0.29, 0.717) is 0 Å². The summed E-state index contributed by atoms with van der Waals surface area (Å²) in [5.74, 6) is 0. The van der Waals surface area contributed by atoms with Crippen LogP contribution in [-0.4, -0.2) is 0 Å². The van der Waals surface area contributed by atoms with Crippen LogP contribution in [0.2, 0.25) is 0 Å². The van der Waals surface area contributed by atoms with Crippen LogP contribution in [0.15, 0.2) is 54.6 Å². The minimum Gasteiger partial charge on any atom is -0.225 e. The molecule has 20 heavy (non-hydrogen) atoms.